The summed E-state index contributed by atoms with van der Waals surface area (Å²) in [6.07, 6.45) is 4.61. The third kappa shape index (κ3) is 4.80. The summed E-state index contributed by atoms with van der Waals surface area (Å²) in [7, 11) is -0.204. The topological polar surface area (TPSA) is 29.5 Å². The SMILES string of the molecule is CC(O)(COc1ccc([S+](c2ccccc2)C2C=CC=CC2)cc1)C(F)(F)F. The second-order valence-corrected chi connectivity index (χ2v) is 8.99. The van der Waals surface area contributed by atoms with Crippen molar-refractivity contribution in [2.75, 3.05) is 6.61 Å². The summed E-state index contributed by atoms with van der Waals surface area (Å²) in [5, 5.41) is 9.84. The molecule has 28 heavy (non-hydrogen) atoms. The molecule has 1 aliphatic carbocycles. The van der Waals surface area contributed by atoms with Gasteiger partial charge in [-0.15, -0.1) is 0 Å². The molecule has 0 saturated heterocycles. The largest absolute Gasteiger partial charge is 0.490 e. The van der Waals surface area contributed by atoms with Crippen LogP contribution in [0.15, 0.2) is 88.7 Å². The highest BCUT2D eigenvalue weighted by molar-refractivity contribution is 7.97. The zero-order valence-corrected chi connectivity index (χ0v) is 16.2. The average molecular weight is 407 g/mol. The monoisotopic (exact) mass is 407 g/mol. The molecular formula is C22H22F3O2S+. The van der Waals surface area contributed by atoms with Gasteiger partial charge in [-0.25, -0.2) is 0 Å². The molecule has 3 atom stereocenters. The molecule has 0 amide bonds. The maximum Gasteiger partial charge on any atom is 0.420 e. The third-order valence-corrected chi connectivity index (χ3v) is 6.96. The maximum absolute atomic E-state index is 12.8. The Morgan fingerprint density at radius 1 is 1.00 bits per heavy atom. The summed E-state index contributed by atoms with van der Waals surface area (Å²) < 4.78 is 43.5. The van der Waals surface area contributed by atoms with Gasteiger partial charge in [0.25, 0.3) is 0 Å². The van der Waals surface area contributed by atoms with Crippen LogP contribution in [0.3, 0.4) is 0 Å². The van der Waals surface area contributed by atoms with E-state index >= 15 is 0 Å². The molecule has 1 aliphatic rings. The minimum absolute atomic E-state index is 0.204. The van der Waals surface area contributed by atoms with E-state index in [2.05, 4.69) is 24.3 Å². The van der Waals surface area contributed by atoms with Crippen LogP contribution in [0.1, 0.15) is 13.3 Å². The number of halogens is 3. The van der Waals surface area contributed by atoms with E-state index in [0.29, 0.717) is 17.9 Å². The molecular weight excluding hydrogens is 385 g/mol. The summed E-state index contributed by atoms with van der Waals surface area (Å²) in [5.41, 5.74) is -2.89. The molecule has 0 saturated carbocycles. The van der Waals surface area contributed by atoms with Crippen molar-refractivity contribution in [2.24, 2.45) is 0 Å². The Kier molecular flexibility index (Phi) is 6.20. The predicted octanol–water partition coefficient (Wildman–Crippen LogP) is 5.30. The molecule has 2 aromatic rings. The number of ether oxygens (including phenoxy) is 1. The van der Waals surface area contributed by atoms with Crippen molar-refractivity contribution in [1.82, 2.24) is 0 Å². The van der Waals surface area contributed by atoms with Crippen LogP contribution >= 0.6 is 0 Å². The van der Waals surface area contributed by atoms with Crippen LogP contribution in [-0.2, 0) is 10.9 Å². The molecule has 0 aliphatic heterocycles. The van der Waals surface area contributed by atoms with E-state index in [1.807, 2.05) is 42.5 Å². The zero-order chi connectivity index (χ0) is 20.2. The fraction of sp³-hybridized carbons (Fsp3) is 0.273. The van der Waals surface area contributed by atoms with Crippen LogP contribution in [0.4, 0.5) is 13.2 Å². The number of aliphatic hydroxyl groups is 1. The van der Waals surface area contributed by atoms with E-state index in [0.717, 1.165) is 11.3 Å². The van der Waals surface area contributed by atoms with Gasteiger partial charge < -0.3 is 9.84 Å². The van der Waals surface area contributed by atoms with Gasteiger partial charge in [-0.3, -0.25) is 0 Å². The lowest BCUT2D eigenvalue weighted by Crippen LogP contribution is -2.47. The van der Waals surface area contributed by atoms with E-state index < -0.39 is 18.4 Å². The summed E-state index contributed by atoms with van der Waals surface area (Å²) in [6, 6.07) is 17.3. The van der Waals surface area contributed by atoms with Gasteiger partial charge in [-0.2, -0.15) is 13.2 Å². The van der Waals surface area contributed by atoms with Crippen molar-refractivity contribution in [3.63, 3.8) is 0 Å². The molecule has 0 bridgehead atoms. The number of alkyl halides is 3. The van der Waals surface area contributed by atoms with Gasteiger partial charge in [0.1, 0.15) is 12.4 Å². The van der Waals surface area contributed by atoms with Gasteiger partial charge >= 0.3 is 6.18 Å². The van der Waals surface area contributed by atoms with Gasteiger partial charge in [-0.1, -0.05) is 36.4 Å². The Hall–Kier alpha value is -2.18. The molecule has 3 rings (SSSR count). The fourth-order valence-corrected chi connectivity index (χ4v) is 5.18. The first-order chi connectivity index (χ1) is 13.3. The first-order valence-electron chi connectivity index (χ1n) is 8.91. The predicted molar refractivity (Wildman–Crippen MR) is 106 cm³/mol. The number of benzene rings is 2. The minimum atomic E-state index is -4.74. The van der Waals surface area contributed by atoms with Gasteiger partial charge in [0, 0.05) is 6.42 Å². The fourth-order valence-electron chi connectivity index (χ4n) is 2.77. The highest BCUT2D eigenvalue weighted by atomic mass is 32.2. The highest BCUT2D eigenvalue weighted by Crippen LogP contribution is 2.33. The Bertz CT molecular complexity index is 827. The van der Waals surface area contributed by atoms with Crippen LogP contribution < -0.4 is 4.74 Å². The lowest BCUT2D eigenvalue weighted by Gasteiger charge is -2.26. The van der Waals surface area contributed by atoms with Crippen molar-refractivity contribution in [3.05, 3.63) is 78.9 Å². The van der Waals surface area contributed by atoms with Crippen LogP contribution in [0.2, 0.25) is 0 Å². The maximum atomic E-state index is 12.8. The standard InChI is InChI=1S/C22H22F3O2S/c1-21(26,22(23,24)25)16-27-17-12-14-20(15-13-17)28(18-8-4-2-5-9-18)19-10-6-3-7-11-19/h2-10,12-15,19,26H,11,16H2,1H3/q+1. The lowest BCUT2D eigenvalue weighted by molar-refractivity contribution is -0.260. The second-order valence-electron chi connectivity index (χ2n) is 6.77. The minimum Gasteiger partial charge on any atom is -0.490 e. The van der Waals surface area contributed by atoms with Gasteiger partial charge in [0.05, 0.1) is 10.9 Å². The van der Waals surface area contributed by atoms with E-state index in [9.17, 15) is 18.3 Å². The van der Waals surface area contributed by atoms with Gasteiger partial charge in [0.15, 0.2) is 20.6 Å². The van der Waals surface area contributed by atoms with Crippen molar-refractivity contribution in [2.45, 2.75) is 40.2 Å². The summed E-state index contributed by atoms with van der Waals surface area (Å²) in [6.45, 7) is -0.145. The Balaban J connectivity index is 1.79. The molecule has 148 valence electrons. The average Bonchev–Trinajstić information content (AvgIpc) is 2.68. The summed E-state index contributed by atoms with van der Waals surface area (Å²) >= 11 is 0. The van der Waals surface area contributed by atoms with E-state index in [1.165, 1.54) is 4.90 Å². The molecule has 0 heterocycles. The Morgan fingerprint density at radius 3 is 2.21 bits per heavy atom. The molecule has 0 radical (unpaired) electrons. The smallest absolute Gasteiger partial charge is 0.420 e. The normalized spacial score (nSPS) is 19.8. The van der Waals surface area contributed by atoms with Crippen molar-refractivity contribution < 1.29 is 23.0 Å². The van der Waals surface area contributed by atoms with Crippen LogP contribution in [0.25, 0.3) is 0 Å². The molecule has 1 N–H and O–H groups in total. The van der Waals surface area contributed by atoms with Crippen molar-refractivity contribution in [3.8, 4) is 5.75 Å². The molecule has 2 nitrogen and oxygen atoms in total. The molecule has 6 heteroatoms. The molecule has 2 aromatic carbocycles. The van der Waals surface area contributed by atoms with Crippen LogP contribution in [0.5, 0.6) is 5.75 Å². The van der Waals surface area contributed by atoms with E-state index in [-0.39, 0.29) is 10.9 Å². The third-order valence-electron chi connectivity index (χ3n) is 4.45. The Morgan fingerprint density at radius 2 is 1.64 bits per heavy atom. The van der Waals surface area contributed by atoms with Crippen molar-refractivity contribution >= 4 is 10.9 Å². The first kappa shape index (κ1) is 20.6. The molecule has 3 unspecified atom stereocenters. The van der Waals surface area contributed by atoms with Crippen molar-refractivity contribution in [1.29, 1.82) is 0 Å². The number of rotatable bonds is 6. The molecule has 0 aromatic heterocycles. The molecule has 0 spiro atoms. The van der Waals surface area contributed by atoms with Gasteiger partial charge in [0.2, 0.25) is 0 Å². The second kappa shape index (κ2) is 8.45. The highest BCUT2D eigenvalue weighted by Gasteiger charge is 2.50. The number of allylic oxidation sites excluding steroid dienone is 3. The van der Waals surface area contributed by atoms with E-state index in [4.69, 9.17) is 4.74 Å². The summed E-state index contributed by atoms with van der Waals surface area (Å²) in [4.78, 5) is 2.30. The van der Waals surface area contributed by atoms with E-state index in [1.54, 1.807) is 12.1 Å². The quantitative estimate of drug-likeness (QED) is 0.659. The zero-order valence-electron chi connectivity index (χ0n) is 15.4. The van der Waals surface area contributed by atoms with Crippen LogP contribution in [0, 0.1) is 0 Å². The summed E-state index contributed by atoms with van der Waals surface area (Å²) in [5.74, 6) is 0.295. The Labute approximate surface area is 165 Å². The van der Waals surface area contributed by atoms with Gasteiger partial charge in [-0.05, 0) is 49.4 Å². The number of hydrogen-bond acceptors (Lipinski definition) is 2. The number of hydrogen-bond donors (Lipinski definition) is 1. The lowest BCUT2D eigenvalue weighted by atomic mass is 10.1. The molecule has 0 fully saturated rings. The first-order valence-corrected chi connectivity index (χ1v) is 10.2. The van der Waals surface area contributed by atoms with Crippen LogP contribution in [-0.4, -0.2) is 28.7 Å².